The van der Waals surface area contributed by atoms with E-state index in [1.54, 1.807) is 0 Å². The molecule has 1 aliphatic rings. The first-order chi connectivity index (χ1) is 7.81. The van der Waals surface area contributed by atoms with Crippen molar-refractivity contribution in [2.75, 3.05) is 6.61 Å². The number of nitriles is 1. The molecule has 0 aliphatic heterocycles. The largest absolute Gasteiger partial charge is 0.494 e. The van der Waals surface area contributed by atoms with Gasteiger partial charge in [0.25, 0.3) is 0 Å². The minimum absolute atomic E-state index is 0.197. The van der Waals surface area contributed by atoms with Gasteiger partial charge >= 0.3 is 0 Å². The molecule has 0 saturated carbocycles. The number of nitrogens with zero attached hydrogens (tertiary/aromatic N) is 1. The lowest BCUT2D eigenvalue weighted by atomic mass is 10.1. The quantitative estimate of drug-likeness (QED) is 0.786. The summed E-state index contributed by atoms with van der Waals surface area (Å²) >= 11 is 0. The fourth-order valence-corrected chi connectivity index (χ4v) is 2.06. The maximum atomic E-state index is 8.40. The lowest BCUT2D eigenvalue weighted by Crippen LogP contribution is -2.05. The van der Waals surface area contributed by atoms with E-state index >= 15 is 0 Å². The second-order valence-electron chi connectivity index (χ2n) is 4.12. The highest BCUT2D eigenvalue weighted by atomic mass is 16.5. The normalized spacial score (nSPS) is 17.9. The fourth-order valence-electron chi connectivity index (χ4n) is 2.06. The monoisotopic (exact) mass is 216 g/mol. The zero-order valence-corrected chi connectivity index (χ0v) is 9.28. The van der Waals surface area contributed by atoms with Gasteiger partial charge in [-0.1, -0.05) is 6.07 Å². The Labute approximate surface area is 95.8 Å². The first-order valence-corrected chi connectivity index (χ1v) is 5.69. The minimum atomic E-state index is 0.197. The van der Waals surface area contributed by atoms with E-state index in [9.17, 15) is 0 Å². The number of hydrogen-bond donors (Lipinski definition) is 1. The number of benzene rings is 1. The molecule has 0 fully saturated rings. The van der Waals surface area contributed by atoms with Crippen molar-refractivity contribution in [1.82, 2.24) is 0 Å². The number of aryl methyl sites for hydroxylation is 1. The van der Waals surface area contributed by atoms with E-state index in [2.05, 4.69) is 18.2 Å². The molecule has 3 heteroatoms. The maximum absolute atomic E-state index is 8.40. The first-order valence-electron chi connectivity index (χ1n) is 5.69. The number of unbranched alkanes of at least 4 members (excludes halogenated alkanes) is 1. The third kappa shape index (κ3) is 2.34. The topological polar surface area (TPSA) is 59.0 Å². The van der Waals surface area contributed by atoms with Crippen molar-refractivity contribution < 1.29 is 4.74 Å². The van der Waals surface area contributed by atoms with E-state index in [4.69, 9.17) is 15.7 Å². The number of rotatable bonds is 4. The lowest BCUT2D eigenvalue weighted by molar-refractivity contribution is 0.312. The Morgan fingerprint density at radius 3 is 3.19 bits per heavy atom. The van der Waals surface area contributed by atoms with Gasteiger partial charge in [-0.3, -0.25) is 0 Å². The van der Waals surface area contributed by atoms with Gasteiger partial charge in [0.2, 0.25) is 0 Å². The van der Waals surface area contributed by atoms with Crippen LogP contribution in [0.15, 0.2) is 18.2 Å². The highest BCUT2D eigenvalue weighted by molar-refractivity contribution is 5.40. The van der Waals surface area contributed by atoms with E-state index in [0.29, 0.717) is 13.0 Å². The van der Waals surface area contributed by atoms with Gasteiger partial charge in [0.05, 0.1) is 12.7 Å². The summed E-state index contributed by atoms with van der Waals surface area (Å²) in [6.45, 7) is 0.610. The third-order valence-corrected chi connectivity index (χ3v) is 2.94. The summed E-state index contributed by atoms with van der Waals surface area (Å²) in [5.41, 5.74) is 8.52. The zero-order valence-electron chi connectivity index (χ0n) is 9.28. The molecule has 2 rings (SSSR count). The second kappa shape index (κ2) is 5.00. The molecule has 0 radical (unpaired) electrons. The summed E-state index contributed by atoms with van der Waals surface area (Å²) in [5, 5.41) is 8.40. The Morgan fingerprint density at radius 1 is 1.50 bits per heavy atom. The Kier molecular flexibility index (Phi) is 3.43. The van der Waals surface area contributed by atoms with Crippen LogP contribution < -0.4 is 10.5 Å². The molecule has 0 bridgehead atoms. The molecule has 0 heterocycles. The molecule has 16 heavy (non-hydrogen) atoms. The van der Waals surface area contributed by atoms with E-state index in [-0.39, 0.29) is 6.04 Å². The summed E-state index contributed by atoms with van der Waals surface area (Å²) in [5.74, 6) is 0.894. The van der Waals surface area contributed by atoms with Crippen molar-refractivity contribution in [3.8, 4) is 11.8 Å². The van der Waals surface area contributed by atoms with E-state index in [0.717, 1.165) is 25.0 Å². The third-order valence-electron chi connectivity index (χ3n) is 2.94. The van der Waals surface area contributed by atoms with Crippen molar-refractivity contribution in [3.63, 3.8) is 0 Å². The van der Waals surface area contributed by atoms with Crippen molar-refractivity contribution in [2.45, 2.75) is 31.7 Å². The van der Waals surface area contributed by atoms with Crippen molar-refractivity contribution in [1.29, 1.82) is 5.26 Å². The van der Waals surface area contributed by atoms with Crippen LogP contribution in [0.1, 0.15) is 36.4 Å². The van der Waals surface area contributed by atoms with Crippen LogP contribution >= 0.6 is 0 Å². The predicted octanol–water partition coefficient (Wildman–Crippen LogP) is 2.32. The Bertz CT molecular complexity index is 409. The summed E-state index contributed by atoms with van der Waals surface area (Å²) < 4.78 is 5.58. The highest BCUT2D eigenvalue weighted by Gasteiger charge is 2.18. The predicted molar refractivity (Wildman–Crippen MR) is 62.0 cm³/mol. The van der Waals surface area contributed by atoms with Crippen LogP contribution in [-0.2, 0) is 6.42 Å². The Morgan fingerprint density at radius 2 is 2.38 bits per heavy atom. The molecule has 0 spiro atoms. The first kappa shape index (κ1) is 11.0. The molecule has 0 unspecified atom stereocenters. The van der Waals surface area contributed by atoms with Crippen LogP contribution in [0.4, 0.5) is 0 Å². The minimum Gasteiger partial charge on any atom is -0.494 e. The van der Waals surface area contributed by atoms with E-state index in [1.165, 1.54) is 11.1 Å². The lowest BCUT2D eigenvalue weighted by Gasteiger charge is -2.08. The number of ether oxygens (including phenoxy) is 1. The average Bonchev–Trinajstić information content (AvgIpc) is 2.66. The highest BCUT2D eigenvalue weighted by Crippen LogP contribution is 2.31. The van der Waals surface area contributed by atoms with Gasteiger partial charge in [0.15, 0.2) is 0 Å². The van der Waals surface area contributed by atoms with Crippen molar-refractivity contribution >= 4 is 0 Å². The van der Waals surface area contributed by atoms with Gasteiger partial charge in [-0.15, -0.1) is 0 Å². The molecule has 0 amide bonds. The number of hydrogen-bond acceptors (Lipinski definition) is 3. The maximum Gasteiger partial charge on any atom is 0.119 e. The van der Waals surface area contributed by atoms with Crippen LogP contribution in [0.3, 0.4) is 0 Å². The molecule has 2 N–H and O–H groups in total. The van der Waals surface area contributed by atoms with Crippen LogP contribution in [0, 0.1) is 11.3 Å². The van der Waals surface area contributed by atoms with Crippen molar-refractivity contribution in [2.24, 2.45) is 5.73 Å². The molecule has 1 aromatic carbocycles. The van der Waals surface area contributed by atoms with E-state index in [1.807, 2.05) is 6.07 Å². The molecule has 1 aliphatic carbocycles. The number of fused-ring (bicyclic) bond motifs is 1. The van der Waals surface area contributed by atoms with Gasteiger partial charge in [-0.05, 0) is 42.5 Å². The summed E-state index contributed by atoms with van der Waals surface area (Å²) in [6, 6.07) is 8.41. The van der Waals surface area contributed by atoms with Crippen LogP contribution in [0.5, 0.6) is 5.75 Å². The molecule has 84 valence electrons. The summed E-state index contributed by atoms with van der Waals surface area (Å²) in [4.78, 5) is 0. The van der Waals surface area contributed by atoms with E-state index < -0.39 is 0 Å². The molecular weight excluding hydrogens is 200 g/mol. The van der Waals surface area contributed by atoms with Crippen LogP contribution in [0.25, 0.3) is 0 Å². The standard InChI is InChI=1S/C13H16N2O/c14-7-1-2-8-16-11-4-5-12-10(9-11)3-6-13(12)15/h4-5,9,13H,1-3,6,8,15H2/t13-/m1/s1. The number of nitrogens with two attached hydrogens (primary N) is 1. The molecule has 1 aromatic rings. The van der Waals surface area contributed by atoms with Crippen LogP contribution in [0.2, 0.25) is 0 Å². The van der Waals surface area contributed by atoms with Gasteiger partial charge in [0.1, 0.15) is 5.75 Å². The summed E-state index contributed by atoms with van der Waals surface area (Å²) in [7, 11) is 0. The zero-order chi connectivity index (χ0) is 11.4. The fraction of sp³-hybridized carbons (Fsp3) is 0.462. The average molecular weight is 216 g/mol. The molecule has 3 nitrogen and oxygen atoms in total. The van der Waals surface area contributed by atoms with Gasteiger partial charge in [0, 0.05) is 12.5 Å². The van der Waals surface area contributed by atoms with Crippen molar-refractivity contribution in [3.05, 3.63) is 29.3 Å². The molecule has 0 saturated heterocycles. The Hall–Kier alpha value is -1.53. The smallest absolute Gasteiger partial charge is 0.119 e. The second-order valence-corrected chi connectivity index (χ2v) is 4.12. The Balaban J connectivity index is 1.95. The molecule has 0 aromatic heterocycles. The van der Waals surface area contributed by atoms with Gasteiger partial charge < -0.3 is 10.5 Å². The SMILES string of the molecule is N#CCCCOc1ccc2c(c1)CC[C@H]2N. The van der Waals surface area contributed by atoms with Crippen LogP contribution in [-0.4, -0.2) is 6.61 Å². The van der Waals surface area contributed by atoms with Gasteiger partial charge in [-0.2, -0.15) is 5.26 Å². The molecular formula is C13H16N2O. The molecule has 1 atom stereocenters. The van der Waals surface area contributed by atoms with Gasteiger partial charge in [-0.25, -0.2) is 0 Å². The summed E-state index contributed by atoms with van der Waals surface area (Å²) in [6.07, 6.45) is 3.42.